The number of rotatable bonds is 5. The van der Waals surface area contributed by atoms with Gasteiger partial charge >= 0.3 is 0 Å². The Morgan fingerprint density at radius 3 is 2.38 bits per heavy atom. The Morgan fingerprint density at radius 2 is 1.81 bits per heavy atom. The summed E-state index contributed by atoms with van der Waals surface area (Å²) in [5, 5.41) is 0. The molecule has 1 aliphatic heterocycles. The first-order valence-corrected chi connectivity index (χ1v) is 6.90. The number of aromatic nitrogens is 3. The van der Waals surface area contributed by atoms with Crippen molar-refractivity contribution in [1.82, 2.24) is 19.9 Å². The summed E-state index contributed by atoms with van der Waals surface area (Å²) in [5.41, 5.74) is 2.42. The average molecular weight is 294 g/mol. The van der Waals surface area contributed by atoms with Gasteiger partial charge in [0.2, 0.25) is 23.8 Å². The van der Waals surface area contributed by atoms with Gasteiger partial charge in [-0.1, -0.05) is 0 Å². The Hall–Kier alpha value is -2.16. The Kier molecular flexibility index (Phi) is 4.73. The Bertz CT molecular complexity index is 500. The molecule has 1 amide bonds. The first kappa shape index (κ1) is 15.2. The molecule has 0 atom stereocenters. The topological polar surface area (TPSA) is 104 Å². The van der Waals surface area contributed by atoms with E-state index < -0.39 is 0 Å². The summed E-state index contributed by atoms with van der Waals surface area (Å²) in [6.07, 6.45) is 2.15. The van der Waals surface area contributed by atoms with Gasteiger partial charge in [-0.3, -0.25) is 10.2 Å². The minimum absolute atomic E-state index is 0.0871. The predicted molar refractivity (Wildman–Crippen MR) is 81.0 cm³/mol. The number of hydrogen-bond acceptors (Lipinski definition) is 8. The van der Waals surface area contributed by atoms with Crippen LogP contribution in [0.2, 0.25) is 0 Å². The third-order valence-corrected chi connectivity index (χ3v) is 3.31. The van der Waals surface area contributed by atoms with Crippen molar-refractivity contribution < 1.29 is 4.79 Å². The van der Waals surface area contributed by atoms with Crippen LogP contribution in [0.1, 0.15) is 12.8 Å². The van der Waals surface area contributed by atoms with Gasteiger partial charge in [0.15, 0.2) is 0 Å². The Morgan fingerprint density at radius 1 is 1.19 bits per heavy atom. The van der Waals surface area contributed by atoms with Crippen molar-refractivity contribution in [2.24, 2.45) is 5.84 Å². The van der Waals surface area contributed by atoms with Gasteiger partial charge in [0.25, 0.3) is 0 Å². The van der Waals surface area contributed by atoms with Gasteiger partial charge in [-0.15, -0.1) is 0 Å². The minimum atomic E-state index is 0.0871. The number of likely N-dealkylation sites (tertiary alicyclic amines) is 1. The lowest BCUT2D eigenvalue weighted by molar-refractivity contribution is -0.128. The van der Waals surface area contributed by atoms with Gasteiger partial charge < -0.3 is 14.7 Å². The van der Waals surface area contributed by atoms with Crippen LogP contribution in [0.3, 0.4) is 0 Å². The van der Waals surface area contributed by atoms with E-state index in [1.165, 1.54) is 0 Å². The molecule has 0 aromatic carbocycles. The second kappa shape index (κ2) is 6.53. The molecule has 3 N–H and O–H groups in total. The summed E-state index contributed by atoms with van der Waals surface area (Å²) >= 11 is 0. The van der Waals surface area contributed by atoms with Crippen LogP contribution in [0, 0.1) is 0 Å². The van der Waals surface area contributed by atoms with Crippen LogP contribution in [0.4, 0.5) is 17.8 Å². The predicted octanol–water partition coefficient (Wildman–Crippen LogP) is -0.718. The summed E-state index contributed by atoms with van der Waals surface area (Å²) < 4.78 is 0. The smallest absolute Gasteiger partial charge is 0.243 e. The second-order valence-electron chi connectivity index (χ2n) is 5.24. The molecule has 1 aliphatic rings. The average Bonchev–Trinajstić information content (AvgIpc) is 3.00. The largest absolute Gasteiger partial charge is 0.347 e. The van der Waals surface area contributed by atoms with Gasteiger partial charge in [-0.25, -0.2) is 5.84 Å². The number of carbonyl (C=O) groups excluding carboxylic acids is 1. The highest BCUT2D eigenvalue weighted by Gasteiger charge is 2.21. The third kappa shape index (κ3) is 3.69. The fourth-order valence-electron chi connectivity index (χ4n) is 2.13. The highest BCUT2D eigenvalue weighted by Crippen LogP contribution is 2.14. The van der Waals surface area contributed by atoms with E-state index in [1.54, 1.807) is 16.8 Å². The maximum atomic E-state index is 12.2. The molecule has 1 saturated heterocycles. The molecule has 2 rings (SSSR count). The number of nitrogens with two attached hydrogens (primary N) is 1. The molecule has 0 bridgehead atoms. The highest BCUT2D eigenvalue weighted by atomic mass is 16.2. The fraction of sp³-hybridized carbons (Fsp3) is 0.667. The quantitative estimate of drug-likeness (QED) is 0.542. The van der Waals surface area contributed by atoms with Gasteiger partial charge in [0, 0.05) is 34.2 Å². The summed E-state index contributed by atoms with van der Waals surface area (Å²) in [5.74, 6) is 6.62. The summed E-state index contributed by atoms with van der Waals surface area (Å²) in [6, 6.07) is 0. The molecule has 0 aliphatic carbocycles. The van der Waals surface area contributed by atoms with Crippen molar-refractivity contribution >= 4 is 23.8 Å². The molecule has 21 heavy (non-hydrogen) atoms. The monoisotopic (exact) mass is 294 g/mol. The molecule has 9 nitrogen and oxygen atoms in total. The van der Waals surface area contributed by atoms with Crippen LogP contribution in [0.25, 0.3) is 0 Å². The zero-order valence-electron chi connectivity index (χ0n) is 12.7. The lowest BCUT2D eigenvalue weighted by Crippen LogP contribution is -2.38. The Labute approximate surface area is 124 Å². The normalized spacial score (nSPS) is 14.2. The summed E-state index contributed by atoms with van der Waals surface area (Å²) in [7, 11) is 5.44. The number of likely N-dealkylation sites (N-methyl/N-ethyl adjacent to an activating group) is 1. The van der Waals surface area contributed by atoms with Gasteiger partial charge in [-0.2, -0.15) is 15.0 Å². The molecule has 1 aromatic rings. The van der Waals surface area contributed by atoms with Crippen LogP contribution in [0.5, 0.6) is 0 Å². The lowest BCUT2D eigenvalue weighted by atomic mass is 10.4. The first-order chi connectivity index (χ1) is 10.0. The van der Waals surface area contributed by atoms with Crippen LogP contribution in [-0.4, -0.2) is 66.5 Å². The number of nitrogens with one attached hydrogen (secondary N) is 1. The van der Waals surface area contributed by atoms with E-state index >= 15 is 0 Å². The molecule has 0 radical (unpaired) electrons. The first-order valence-electron chi connectivity index (χ1n) is 6.90. The molecule has 116 valence electrons. The number of carbonyl (C=O) groups is 1. The van der Waals surface area contributed by atoms with Gasteiger partial charge in [0.05, 0.1) is 6.54 Å². The molecule has 1 fully saturated rings. The van der Waals surface area contributed by atoms with Crippen molar-refractivity contribution in [1.29, 1.82) is 0 Å². The minimum Gasteiger partial charge on any atom is -0.347 e. The second-order valence-corrected chi connectivity index (χ2v) is 5.24. The number of hydrogen-bond donors (Lipinski definition) is 2. The number of nitrogen functional groups attached to an aromatic ring is 1. The van der Waals surface area contributed by atoms with E-state index in [-0.39, 0.29) is 18.4 Å². The van der Waals surface area contributed by atoms with Crippen molar-refractivity contribution in [3.63, 3.8) is 0 Å². The lowest BCUT2D eigenvalue weighted by Gasteiger charge is -2.22. The summed E-state index contributed by atoms with van der Waals surface area (Å²) in [4.78, 5) is 30.1. The maximum absolute atomic E-state index is 12.2. The van der Waals surface area contributed by atoms with E-state index in [9.17, 15) is 4.79 Å². The fourth-order valence-corrected chi connectivity index (χ4v) is 2.13. The van der Waals surface area contributed by atoms with E-state index in [4.69, 9.17) is 5.84 Å². The van der Waals surface area contributed by atoms with Gasteiger partial charge in [0.1, 0.15) is 0 Å². The molecular formula is C12H22N8O. The SMILES string of the molecule is CN(C)c1nc(NN)nc(N(C)CC(=O)N2CCCC2)n1. The zero-order valence-corrected chi connectivity index (χ0v) is 12.7. The zero-order chi connectivity index (χ0) is 15.4. The van der Waals surface area contributed by atoms with Crippen molar-refractivity contribution in [3.8, 4) is 0 Å². The molecular weight excluding hydrogens is 272 g/mol. The number of nitrogens with zero attached hydrogens (tertiary/aromatic N) is 6. The van der Waals surface area contributed by atoms with Crippen molar-refractivity contribution in [3.05, 3.63) is 0 Å². The van der Waals surface area contributed by atoms with Crippen LogP contribution in [0.15, 0.2) is 0 Å². The number of anilines is 3. The third-order valence-electron chi connectivity index (χ3n) is 3.31. The van der Waals surface area contributed by atoms with Gasteiger partial charge in [-0.05, 0) is 12.8 Å². The molecule has 2 heterocycles. The standard InChI is InChI=1S/C12H22N8O/c1-18(2)11-14-10(17-13)15-12(16-11)19(3)8-9(21)20-6-4-5-7-20/h4-8,13H2,1-3H3,(H,14,15,16,17). The van der Waals surface area contributed by atoms with Crippen LogP contribution >= 0.6 is 0 Å². The number of hydrazine groups is 1. The molecule has 0 unspecified atom stereocenters. The summed E-state index contributed by atoms with van der Waals surface area (Å²) in [6.45, 7) is 1.91. The van der Waals surface area contributed by atoms with Crippen molar-refractivity contribution in [2.45, 2.75) is 12.8 Å². The molecule has 0 spiro atoms. The van der Waals surface area contributed by atoms with E-state index in [2.05, 4.69) is 20.4 Å². The van der Waals surface area contributed by atoms with Crippen LogP contribution < -0.4 is 21.1 Å². The van der Waals surface area contributed by atoms with Crippen LogP contribution in [-0.2, 0) is 4.79 Å². The van der Waals surface area contributed by atoms with E-state index in [0.717, 1.165) is 25.9 Å². The highest BCUT2D eigenvalue weighted by molar-refractivity contribution is 5.81. The molecule has 0 saturated carbocycles. The maximum Gasteiger partial charge on any atom is 0.243 e. The number of amides is 1. The molecule has 1 aromatic heterocycles. The van der Waals surface area contributed by atoms with E-state index in [0.29, 0.717) is 11.9 Å². The molecule has 9 heteroatoms. The van der Waals surface area contributed by atoms with Crippen molar-refractivity contribution in [2.75, 3.05) is 56.0 Å². The van der Waals surface area contributed by atoms with E-state index in [1.807, 2.05) is 19.0 Å². The Balaban J connectivity index is 2.12.